The number of sulfone groups is 1. The van der Waals surface area contributed by atoms with Gasteiger partial charge in [0.25, 0.3) is 0 Å². The van der Waals surface area contributed by atoms with Gasteiger partial charge >= 0.3 is 0 Å². The summed E-state index contributed by atoms with van der Waals surface area (Å²) in [5, 5.41) is -0.706. The summed E-state index contributed by atoms with van der Waals surface area (Å²) in [6.07, 6.45) is 2.48. The van der Waals surface area contributed by atoms with Gasteiger partial charge in [0.05, 0.1) is 5.41 Å². The zero-order chi connectivity index (χ0) is 14.7. The van der Waals surface area contributed by atoms with Crippen molar-refractivity contribution in [3.05, 3.63) is 0 Å². The molecule has 2 N–H and O–H groups in total. The Labute approximate surface area is 120 Å². The summed E-state index contributed by atoms with van der Waals surface area (Å²) in [5.74, 6) is 1.14. The van der Waals surface area contributed by atoms with Crippen LogP contribution < -0.4 is 5.73 Å². The van der Waals surface area contributed by atoms with E-state index in [0.29, 0.717) is 25.1 Å². The molecule has 5 nitrogen and oxygen atoms in total. The van der Waals surface area contributed by atoms with E-state index in [-0.39, 0.29) is 12.5 Å². The smallest absolute Gasteiger partial charge is 0.231 e. The topological polar surface area (TPSA) is 80.5 Å². The van der Waals surface area contributed by atoms with Crippen molar-refractivity contribution >= 4 is 27.5 Å². The Balaban J connectivity index is 3.07. The fourth-order valence-corrected chi connectivity index (χ4v) is 5.22. The van der Waals surface area contributed by atoms with Crippen LogP contribution in [0, 0.1) is 5.41 Å². The molecule has 0 aromatic carbocycles. The van der Waals surface area contributed by atoms with Crippen LogP contribution in [0.5, 0.6) is 0 Å². The van der Waals surface area contributed by atoms with Gasteiger partial charge in [0, 0.05) is 30.9 Å². The van der Waals surface area contributed by atoms with Crippen LogP contribution in [0.4, 0.5) is 0 Å². The van der Waals surface area contributed by atoms with Crippen molar-refractivity contribution < 1.29 is 13.2 Å². The van der Waals surface area contributed by atoms with E-state index >= 15 is 0 Å². The standard InChI is InChI=1S/C12H24N2O3S2/c1-4-12(5-2,9-13)11(15)14-6-7-18-8-10(14)19(3,16)17/h10H,4-9,13H2,1-3H3. The normalized spacial score (nSPS) is 21.5. The van der Waals surface area contributed by atoms with Crippen molar-refractivity contribution in [1.82, 2.24) is 4.90 Å². The molecule has 0 saturated carbocycles. The summed E-state index contributed by atoms with van der Waals surface area (Å²) in [5.41, 5.74) is 5.17. The molecule has 1 unspecified atom stereocenters. The van der Waals surface area contributed by atoms with Gasteiger partial charge in [-0.1, -0.05) is 13.8 Å². The number of amides is 1. The average Bonchev–Trinajstić information content (AvgIpc) is 2.40. The molecular formula is C12H24N2O3S2. The van der Waals surface area contributed by atoms with Gasteiger partial charge in [0.15, 0.2) is 9.84 Å². The molecule has 0 spiro atoms. The highest BCUT2D eigenvalue weighted by atomic mass is 32.2. The predicted molar refractivity (Wildman–Crippen MR) is 79.7 cm³/mol. The molecule has 0 radical (unpaired) electrons. The van der Waals surface area contributed by atoms with Crippen molar-refractivity contribution in [2.75, 3.05) is 30.9 Å². The maximum absolute atomic E-state index is 12.7. The van der Waals surface area contributed by atoms with E-state index in [2.05, 4.69) is 0 Å². The third-order valence-corrected chi connectivity index (χ3v) is 6.68. The monoisotopic (exact) mass is 308 g/mol. The van der Waals surface area contributed by atoms with E-state index in [1.165, 1.54) is 11.2 Å². The summed E-state index contributed by atoms with van der Waals surface area (Å²) < 4.78 is 23.7. The molecule has 19 heavy (non-hydrogen) atoms. The van der Waals surface area contributed by atoms with Crippen molar-refractivity contribution in [3.8, 4) is 0 Å². The fraction of sp³-hybridized carbons (Fsp3) is 0.917. The summed E-state index contributed by atoms with van der Waals surface area (Å²) in [6, 6.07) is 0. The van der Waals surface area contributed by atoms with Gasteiger partial charge in [-0.15, -0.1) is 0 Å². The van der Waals surface area contributed by atoms with Crippen LogP contribution in [0.15, 0.2) is 0 Å². The number of nitrogens with zero attached hydrogens (tertiary/aromatic N) is 1. The number of nitrogens with two attached hydrogens (primary N) is 1. The van der Waals surface area contributed by atoms with Gasteiger partial charge in [0.2, 0.25) is 5.91 Å². The van der Waals surface area contributed by atoms with Crippen LogP contribution in [0.25, 0.3) is 0 Å². The molecule has 1 amide bonds. The summed E-state index contributed by atoms with van der Waals surface area (Å²) in [7, 11) is -3.26. The van der Waals surface area contributed by atoms with E-state index < -0.39 is 20.6 Å². The molecular weight excluding hydrogens is 284 g/mol. The van der Waals surface area contributed by atoms with Crippen LogP contribution >= 0.6 is 11.8 Å². The SMILES string of the molecule is CCC(CC)(CN)C(=O)N1CCSCC1S(C)(=O)=O. The highest BCUT2D eigenvalue weighted by Crippen LogP contribution is 2.31. The number of hydrogen-bond acceptors (Lipinski definition) is 5. The Morgan fingerprint density at radius 2 is 2.00 bits per heavy atom. The summed E-state index contributed by atoms with van der Waals surface area (Å²) >= 11 is 1.58. The summed E-state index contributed by atoms with van der Waals surface area (Å²) in [6.45, 7) is 4.62. The zero-order valence-electron chi connectivity index (χ0n) is 11.9. The molecule has 1 saturated heterocycles. The second-order valence-corrected chi connectivity index (χ2v) is 8.40. The Kier molecular flexibility index (Phi) is 5.70. The molecule has 1 heterocycles. The highest BCUT2D eigenvalue weighted by Gasteiger charge is 2.42. The minimum Gasteiger partial charge on any atom is -0.329 e. The van der Waals surface area contributed by atoms with Crippen LogP contribution in [-0.4, -0.2) is 55.4 Å². The third-order valence-electron chi connectivity index (χ3n) is 4.04. The van der Waals surface area contributed by atoms with Crippen molar-refractivity contribution in [1.29, 1.82) is 0 Å². The molecule has 0 aromatic rings. The molecule has 1 aliphatic heterocycles. The fourth-order valence-electron chi connectivity index (χ4n) is 2.40. The Bertz CT molecular complexity index is 410. The molecule has 7 heteroatoms. The highest BCUT2D eigenvalue weighted by molar-refractivity contribution is 8.00. The van der Waals surface area contributed by atoms with Crippen molar-refractivity contribution in [3.63, 3.8) is 0 Å². The maximum Gasteiger partial charge on any atom is 0.231 e. The van der Waals surface area contributed by atoms with E-state index in [1.807, 2.05) is 13.8 Å². The first kappa shape index (κ1) is 16.8. The first-order valence-corrected chi connectivity index (χ1v) is 9.71. The van der Waals surface area contributed by atoms with E-state index in [1.54, 1.807) is 11.8 Å². The maximum atomic E-state index is 12.7. The first-order chi connectivity index (χ1) is 8.82. The van der Waals surface area contributed by atoms with Crippen LogP contribution in [0.3, 0.4) is 0 Å². The molecule has 1 rings (SSSR count). The first-order valence-electron chi connectivity index (χ1n) is 6.60. The van der Waals surface area contributed by atoms with Gasteiger partial charge < -0.3 is 10.6 Å². The van der Waals surface area contributed by atoms with Crippen LogP contribution in [-0.2, 0) is 14.6 Å². The van der Waals surface area contributed by atoms with E-state index in [4.69, 9.17) is 5.73 Å². The molecule has 112 valence electrons. The minimum absolute atomic E-state index is 0.101. The number of hydrogen-bond donors (Lipinski definition) is 1. The van der Waals surface area contributed by atoms with E-state index in [9.17, 15) is 13.2 Å². The third kappa shape index (κ3) is 3.44. The van der Waals surface area contributed by atoms with Gasteiger partial charge in [-0.2, -0.15) is 11.8 Å². The van der Waals surface area contributed by atoms with E-state index in [0.717, 1.165) is 5.75 Å². The second-order valence-electron chi connectivity index (χ2n) is 5.05. The molecule has 1 aliphatic rings. The van der Waals surface area contributed by atoms with Gasteiger partial charge in [-0.05, 0) is 12.8 Å². The summed E-state index contributed by atoms with van der Waals surface area (Å²) in [4.78, 5) is 14.3. The average molecular weight is 308 g/mol. The molecule has 0 aromatic heterocycles. The lowest BCUT2D eigenvalue weighted by Crippen LogP contribution is -2.56. The number of carbonyl (C=O) groups excluding carboxylic acids is 1. The van der Waals surface area contributed by atoms with Crippen LogP contribution in [0.2, 0.25) is 0 Å². The van der Waals surface area contributed by atoms with Crippen molar-refractivity contribution in [2.45, 2.75) is 32.1 Å². The van der Waals surface area contributed by atoms with Gasteiger partial charge in [-0.3, -0.25) is 4.79 Å². The molecule has 0 bridgehead atoms. The number of thioether (sulfide) groups is 1. The number of rotatable bonds is 5. The quantitative estimate of drug-likeness (QED) is 0.808. The number of carbonyl (C=O) groups is 1. The largest absolute Gasteiger partial charge is 0.329 e. The lowest BCUT2D eigenvalue weighted by Gasteiger charge is -2.40. The molecule has 1 atom stereocenters. The lowest BCUT2D eigenvalue weighted by molar-refractivity contribution is -0.142. The Morgan fingerprint density at radius 1 is 1.42 bits per heavy atom. The van der Waals surface area contributed by atoms with Crippen molar-refractivity contribution in [2.24, 2.45) is 11.1 Å². The van der Waals surface area contributed by atoms with Gasteiger partial charge in [-0.25, -0.2) is 8.42 Å². The second kappa shape index (κ2) is 6.45. The van der Waals surface area contributed by atoms with Crippen LogP contribution in [0.1, 0.15) is 26.7 Å². The molecule has 0 aliphatic carbocycles. The zero-order valence-corrected chi connectivity index (χ0v) is 13.5. The predicted octanol–water partition coefficient (Wildman–Crippen LogP) is 0.698. The Hall–Kier alpha value is -0.270. The van der Waals surface area contributed by atoms with Gasteiger partial charge in [0.1, 0.15) is 5.37 Å². The Morgan fingerprint density at radius 3 is 2.42 bits per heavy atom. The molecule has 1 fully saturated rings. The lowest BCUT2D eigenvalue weighted by atomic mass is 9.81. The minimum atomic E-state index is -3.26.